The maximum atomic E-state index is 12.5. The fraction of sp³-hybridized carbons (Fsp3) is 0.381. The zero-order chi connectivity index (χ0) is 20.7. The van der Waals surface area contributed by atoms with E-state index in [0.29, 0.717) is 24.0 Å². The summed E-state index contributed by atoms with van der Waals surface area (Å²) in [6.07, 6.45) is 6.43. The molecule has 1 aliphatic heterocycles. The number of anilines is 1. The molecule has 30 heavy (non-hydrogen) atoms. The second-order valence-corrected chi connectivity index (χ2v) is 7.91. The predicted molar refractivity (Wildman–Crippen MR) is 114 cm³/mol. The number of aromatic nitrogens is 6. The van der Waals surface area contributed by atoms with Crippen LogP contribution in [0.3, 0.4) is 0 Å². The van der Waals surface area contributed by atoms with Crippen LogP contribution >= 0.6 is 0 Å². The van der Waals surface area contributed by atoms with Crippen LogP contribution in [0.25, 0.3) is 27.9 Å². The van der Waals surface area contributed by atoms with E-state index < -0.39 is 0 Å². The van der Waals surface area contributed by atoms with Gasteiger partial charge < -0.3 is 10.6 Å². The molecule has 0 radical (unpaired) electrons. The van der Waals surface area contributed by atoms with Gasteiger partial charge in [-0.15, -0.1) is 5.10 Å². The molecule has 1 atom stereocenters. The van der Waals surface area contributed by atoms with Crippen LogP contribution in [0.2, 0.25) is 0 Å². The lowest BCUT2D eigenvalue weighted by molar-refractivity contribution is -0.121. The van der Waals surface area contributed by atoms with Crippen molar-refractivity contribution in [3.63, 3.8) is 0 Å². The third-order valence-electron chi connectivity index (χ3n) is 5.41. The molecule has 4 aromatic rings. The normalized spacial score (nSPS) is 17.4. The van der Waals surface area contributed by atoms with Crippen LogP contribution in [-0.2, 0) is 4.79 Å². The SMILES string of the molecule is CC(C)n1cc(-c2nc3c4ccccc4nc(N[C@@H]4CCCCNC4=O)n3n2)cn1. The Bertz CT molecular complexity index is 1220. The second kappa shape index (κ2) is 7.40. The molecule has 0 saturated carbocycles. The number of para-hydroxylation sites is 1. The Morgan fingerprint density at radius 2 is 2.07 bits per heavy atom. The molecule has 1 amide bonds. The number of hydrogen-bond donors (Lipinski definition) is 2. The molecule has 1 aliphatic rings. The average molecular weight is 404 g/mol. The van der Waals surface area contributed by atoms with Gasteiger partial charge in [0.05, 0.1) is 17.3 Å². The number of nitrogens with one attached hydrogen (secondary N) is 2. The van der Waals surface area contributed by atoms with Crippen molar-refractivity contribution in [2.45, 2.75) is 45.2 Å². The number of nitrogens with zero attached hydrogens (tertiary/aromatic N) is 6. The quantitative estimate of drug-likeness (QED) is 0.542. The van der Waals surface area contributed by atoms with Crippen LogP contribution in [0.4, 0.5) is 5.95 Å². The number of amides is 1. The number of carbonyl (C=O) groups is 1. The monoisotopic (exact) mass is 404 g/mol. The standard InChI is InChI=1S/C21H24N8O/c1-13(2)28-12-14(11-23-28)18-26-19-15-7-3-4-8-16(15)24-21(29(19)27-18)25-17-9-5-6-10-22-20(17)30/h3-4,7-8,11-13,17H,5-6,9-10H2,1-2H3,(H,22,30)(H,24,25)/t17-/m1/s1. The van der Waals surface area contributed by atoms with E-state index in [2.05, 4.69) is 29.6 Å². The second-order valence-electron chi connectivity index (χ2n) is 7.91. The van der Waals surface area contributed by atoms with Gasteiger partial charge in [-0.05, 0) is 45.2 Å². The van der Waals surface area contributed by atoms with Gasteiger partial charge in [0.25, 0.3) is 0 Å². The maximum Gasteiger partial charge on any atom is 0.242 e. The molecule has 1 saturated heterocycles. The number of hydrogen-bond acceptors (Lipinski definition) is 6. The van der Waals surface area contributed by atoms with Crippen molar-refractivity contribution in [1.29, 1.82) is 0 Å². The van der Waals surface area contributed by atoms with Gasteiger partial charge in [-0.3, -0.25) is 9.48 Å². The summed E-state index contributed by atoms with van der Waals surface area (Å²) in [5.74, 6) is 1.09. The highest BCUT2D eigenvalue weighted by atomic mass is 16.2. The fourth-order valence-corrected chi connectivity index (χ4v) is 3.74. The van der Waals surface area contributed by atoms with E-state index in [-0.39, 0.29) is 18.0 Å². The van der Waals surface area contributed by atoms with E-state index >= 15 is 0 Å². The van der Waals surface area contributed by atoms with Crippen molar-refractivity contribution in [3.05, 3.63) is 36.7 Å². The zero-order valence-corrected chi connectivity index (χ0v) is 17.0. The molecular formula is C21H24N8O. The van der Waals surface area contributed by atoms with Gasteiger partial charge in [-0.25, -0.2) is 9.97 Å². The first-order chi connectivity index (χ1) is 14.6. The molecule has 1 aromatic carbocycles. The molecule has 9 heteroatoms. The van der Waals surface area contributed by atoms with Crippen molar-refractivity contribution in [3.8, 4) is 11.4 Å². The summed E-state index contributed by atoms with van der Waals surface area (Å²) in [6.45, 7) is 4.86. The largest absolute Gasteiger partial charge is 0.354 e. The minimum absolute atomic E-state index is 0.00541. The van der Waals surface area contributed by atoms with E-state index in [4.69, 9.17) is 15.1 Å². The summed E-state index contributed by atoms with van der Waals surface area (Å²) in [7, 11) is 0. The van der Waals surface area contributed by atoms with Crippen LogP contribution in [0.5, 0.6) is 0 Å². The number of fused-ring (bicyclic) bond motifs is 3. The van der Waals surface area contributed by atoms with Gasteiger partial charge in [0.15, 0.2) is 11.5 Å². The van der Waals surface area contributed by atoms with Crippen LogP contribution in [0, 0.1) is 0 Å². The number of benzene rings is 1. The summed E-state index contributed by atoms with van der Waals surface area (Å²) in [5.41, 5.74) is 2.34. The van der Waals surface area contributed by atoms with E-state index in [1.54, 1.807) is 10.7 Å². The van der Waals surface area contributed by atoms with Gasteiger partial charge >= 0.3 is 0 Å². The Hall–Kier alpha value is -3.49. The van der Waals surface area contributed by atoms with Crippen LogP contribution < -0.4 is 10.6 Å². The van der Waals surface area contributed by atoms with Crippen molar-refractivity contribution >= 4 is 28.4 Å². The van der Waals surface area contributed by atoms with Crippen molar-refractivity contribution in [2.24, 2.45) is 0 Å². The minimum Gasteiger partial charge on any atom is -0.354 e. The Labute approximate surface area is 173 Å². The van der Waals surface area contributed by atoms with Crippen LogP contribution in [0.15, 0.2) is 36.7 Å². The molecule has 9 nitrogen and oxygen atoms in total. The van der Waals surface area contributed by atoms with Crippen LogP contribution in [-0.4, -0.2) is 47.9 Å². The lowest BCUT2D eigenvalue weighted by Crippen LogP contribution is -2.38. The number of carbonyl (C=O) groups excluding carboxylic acids is 1. The lowest BCUT2D eigenvalue weighted by Gasteiger charge is -2.16. The Morgan fingerprint density at radius 3 is 2.90 bits per heavy atom. The molecule has 154 valence electrons. The molecule has 4 heterocycles. The van der Waals surface area contributed by atoms with Gasteiger partial charge in [-0.2, -0.15) is 9.61 Å². The van der Waals surface area contributed by atoms with Crippen molar-refractivity contribution in [1.82, 2.24) is 34.7 Å². The molecule has 0 unspecified atom stereocenters. The Balaban J connectivity index is 1.63. The van der Waals surface area contributed by atoms with Crippen LogP contribution in [0.1, 0.15) is 39.2 Å². The highest BCUT2D eigenvalue weighted by Crippen LogP contribution is 2.25. The third-order valence-corrected chi connectivity index (χ3v) is 5.41. The first kappa shape index (κ1) is 18.5. The Morgan fingerprint density at radius 1 is 1.20 bits per heavy atom. The molecule has 0 aliphatic carbocycles. The molecule has 5 rings (SSSR count). The third kappa shape index (κ3) is 3.26. The summed E-state index contributed by atoms with van der Waals surface area (Å²) in [6, 6.07) is 7.73. The molecule has 2 N–H and O–H groups in total. The van der Waals surface area contributed by atoms with Gasteiger partial charge in [-0.1, -0.05) is 12.1 Å². The highest BCUT2D eigenvalue weighted by Gasteiger charge is 2.23. The zero-order valence-electron chi connectivity index (χ0n) is 17.0. The Kier molecular flexibility index (Phi) is 4.57. The topological polar surface area (TPSA) is 102 Å². The first-order valence-electron chi connectivity index (χ1n) is 10.3. The van der Waals surface area contributed by atoms with E-state index in [0.717, 1.165) is 35.7 Å². The fourth-order valence-electron chi connectivity index (χ4n) is 3.74. The molecular weight excluding hydrogens is 380 g/mol. The molecule has 0 spiro atoms. The summed E-state index contributed by atoms with van der Waals surface area (Å²) in [4.78, 5) is 22.0. The van der Waals surface area contributed by atoms with Gasteiger partial charge in [0.2, 0.25) is 11.9 Å². The molecule has 3 aromatic heterocycles. The average Bonchev–Trinajstić information content (AvgIpc) is 3.36. The summed E-state index contributed by atoms with van der Waals surface area (Å²) >= 11 is 0. The first-order valence-corrected chi connectivity index (χ1v) is 10.3. The smallest absolute Gasteiger partial charge is 0.242 e. The highest BCUT2D eigenvalue weighted by molar-refractivity contribution is 5.93. The molecule has 0 bridgehead atoms. The van der Waals surface area contributed by atoms with Crippen molar-refractivity contribution in [2.75, 3.05) is 11.9 Å². The van der Waals surface area contributed by atoms with E-state index in [9.17, 15) is 4.79 Å². The molecule has 1 fully saturated rings. The minimum atomic E-state index is -0.347. The van der Waals surface area contributed by atoms with Gasteiger partial charge in [0, 0.05) is 24.2 Å². The lowest BCUT2D eigenvalue weighted by atomic mass is 10.1. The summed E-state index contributed by atoms with van der Waals surface area (Å²) in [5, 5.41) is 16.3. The summed E-state index contributed by atoms with van der Waals surface area (Å²) < 4.78 is 3.58. The maximum absolute atomic E-state index is 12.5. The van der Waals surface area contributed by atoms with E-state index in [1.165, 1.54) is 0 Å². The van der Waals surface area contributed by atoms with E-state index in [1.807, 2.05) is 35.1 Å². The van der Waals surface area contributed by atoms with Crippen molar-refractivity contribution < 1.29 is 4.79 Å². The van der Waals surface area contributed by atoms with Gasteiger partial charge in [0.1, 0.15) is 6.04 Å². The predicted octanol–water partition coefficient (Wildman–Crippen LogP) is 2.80. The number of rotatable bonds is 4.